The van der Waals surface area contributed by atoms with Crippen molar-refractivity contribution in [3.63, 3.8) is 0 Å². The highest BCUT2D eigenvalue weighted by Gasteiger charge is 2.02. The van der Waals surface area contributed by atoms with Crippen molar-refractivity contribution < 1.29 is 24.2 Å². The summed E-state index contributed by atoms with van der Waals surface area (Å²) in [6, 6.07) is 20.5. The molecule has 3 aromatic carbocycles. The van der Waals surface area contributed by atoms with Crippen LogP contribution in [0.5, 0.6) is 0 Å². The Bertz CT molecular complexity index is 983. The number of hydrogen-bond acceptors (Lipinski definition) is 2. The molecule has 0 radical (unpaired) electrons. The van der Waals surface area contributed by atoms with Gasteiger partial charge in [0.2, 0.25) is 0 Å². The van der Waals surface area contributed by atoms with Crippen LogP contribution < -0.4 is 0 Å². The minimum Gasteiger partial charge on any atom is -0.478 e. The van der Waals surface area contributed by atoms with E-state index in [9.17, 15) is 14.0 Å². The number of carboxylic acid groups (broad SMARTS) is 2. The summed E-state index contributed by atoms with van der Waals surface area (Å²) in [5.74, 6) is -2.41. The molecule has 0 bridgehead atoms. The predicted octanol–water partition coefficient (Wildman–Crippen LogP) is 5.63. The molecule has 0 saturated heterocycles. The van der Waals surface area contributed by atoms with Crippen LogP contribution in [0.2, 0.25) is 5.02 Å². The van der Waals surface area contributed by atoms with E-state index in [0.29, 0.717) is 11.1 Å². The van der Waals surface area contributed by atoms with Gasteiger partial charge in [-0.05, 0) is 47.0 Å². The Morgan fingerprint density at radius 2 is 1.46 bits per heavy atom. The van der Waals surface area contributed by atoms with Crippen molar-refractivity contribution in [2.24, 2.45) is 0 Å². The van der Waals surface area contributed by atoms with Crippen LogP contribution in [0.3, 0.4) is 0 Å². The standard InChI is InChI=1S/C13H10O2.C9H6ClFO2/c14-13(15)12-8-6-11(7-9-12)10-4-2-1-3-5-10;10-8-5-7(11)3-1-6(8)2-4-9(12)13/h1-9H,(H,14,15);1-5H,(H,12,13)/b;4-2+. The molecule has 0 saturated carbocycles. The summed E-state index contributed by atoms with van der Waals surface area (Å²) in [7, 11) is 0. The van der Waals surface area contributed by atoms with Crippen molar-refractivity contribution in [3.05, 3.63) is 101 Å². The highest BCUT2D eigenvalue weighted by atomic mass is 35.5. The topological polar surface area (TPSA) is 74.6 Å². The summed E-state index contributed by atoms with van der Waals surface area (Å²) in [5.41, 5.74) is 2.91. The first kappa shape index (κ1) is 20.9. The zero-order valence-electron chi connectivity index (χ0n) is 14.5. The zero-order chi connectivity index (χ0) is 20.5. The Kier molecular flexibility index (Phi) is 7.48. The molecule has 3 rings (SSSR count). The van der Waals surface area contributed by atoms with Gasteiger partial charge in [-0.2, -0.15) is 0 Å². The summed E-state index contributed by atoms with van der Waals surface area (Å²) < 4.78 is 12.5. The van der Waals surface area contributed by atoms with Gasteiger partial charge >= 0.3 is 11.9 Å². The van der Waals surface area contributed by atoms with E-state index in [-0.39, 0.29) is 5.02 Å². The molecule has 0 aliphatic heterocycles. The number of carboxylic acids is 2. The Morgan fingerprint density at radius 3 is 2.00 bits per heavy atom. The van der Waals surface area contributed by atoms with Gasteiger partial charge in [0.05, 0.1) is 10.6 Å². The van der Waals surface area contributed by atoms with Gasteiger partial charge in [-0.1, -0.05) is 60.1 Å². The van der Waals surface area contributed by atoms with Crippen molar-refractivity contribution in [1.29, 1.82) is 0 Å². The lowest BCUT2D eigenvalue weighted by atomic mass is 10.0. The monoisotopic (exact) mass is 398 g/mol. The number of hydrogen-bond donors (Lipinski definition) is 2. The van der Waals surface area contributed by atoms with Crippen LogP contribution in [-0.2, 0) is 4.79 Å². The summed E-state index contributed by atoms with van der Waals surface area (Å²) in [6.45, 7) is 0. The summed E-state index contributed by atoms with van der Waals surface area (Å²) >= 11 is 5.63. The van der Waals surface area contributed by atoms with Crippen molar-refractivity contribution in [2.45, 2.75) is 0 Å². The van der Waals surface area contributed by atoms with E-state index < -0.39 is 17.8 Å². The lowest BCUT2D eigenvalue weighted by Crippen LogP contribution is -1.94. The Morgan fingerprint density at radius 1 is 0.857 bits per heavy atom. The molecule has 2 N–H and O–H groups in total. The quantitative estimate of drug-likeness (QED) is 0.558. The SMILES string of the molecule is O=C(O)/C=C/c1ccc(F)cc1Cl.O=C(O)c1ccc(-c2ccccc2)cc1. The number of aromatic carboxylic acids is 1. The van der Waals surface area contributed by atoms with Crippen molar-refractivity contribution in [2.75, 3.05) is 0 Å². The third-order valence-corrected chi connectivity index (χ3v) is 3.93. The van der Waals surface area contributed by atoms with Crippen LogP contribution in [-0.4, -0.2) is 22.2 Å². The number of carbonyl (C=O) groups is 2. The smallest absolute Gasteiger partial charge is 0.335 e. The molecule has 0 aliphatic carbocycles. The first-order valence-corrected chi connectivity index (χ1v) is 8.49. The van der Waals surface area contributed by atoms with Gasteiger partial charge in [0.1, 0.15) is 5.82 Å². The fraction of sp³-hybridized carbons (Fsp3) is 0. The fourth-order valence-electron chi connectivity index (χ4n) is 2.23. The lowest BCUT2D eigenvalue weighted by molar-refractivity contribution is -0.131. The molecule has 0 amide bonds. The molecule has 0 aliphatic rings. The Labute approximate surface area is 166 Å². The van der Waals surface area contributed by atoms with Crippen LogP contribution in [0.25, 0.3) is 17.2 Å². The van der Waals surface area contributed by atoms with E-state index in [1.54, 1.807) is 12.1 Å². The van der Waals surface area contributed by atoms with Gasteiger partial charge in [-0.3, -0.25) is 0 Å². The fourth-order valence-corrected chi connectivity index (χ4v) is 2.46. The largest absolute Gasteiger partial charge is 0.478 e. The number of halogens is 2. The maximum absolute atomic E-state index is 12.5. The minimum absolute atomic E-state index is 0.192. The molecular weight excluding hydrogens is 383 g/mol. The van der Waals surface area contributed by atoms with E-state index in [1.807, 2.05) is 42.5 Å². The minimum atomic E-state index is -1.07. The molecule has 0 spiro atoms. The van der Waals surface area contributed by atoms with Gasteiger partial charge in [-0.15, -0.1) is 0 Å². The maximum Gasteiger partial charge on any atom is 0.335 e. The number of benzene rings is 3. The van der Waals surface area contributed by atoms with Crippen LogP contribution in [0.1, 0.15) is 15.9 Å². The van der Waals surface area contributed by atoms with Gasteiger partial charge in [0.25, 0.3) is 0 Å². The van der Waals surface area contributed by atoms with E-state index in [2.05, 4.69) is 0 Å². The maximum atomic E-state index is 12.5. The van der Waals surface area contributed by atoms with Crippen LogP contribution >= 0.6 is 11.6 Å². The molecule has 0 unspecified atom stereocenters. The molecule has 6 heteroatoms. The second-order valence-electron chi connectivity index (χ2n) is 5.59. The highest BCUT2D eigenvalue weighted by Crippen LogP contribution is 2.19. The van der Waals surface area contributed by atoms with Gasteiger partial charge in [0, 0.05) is 6.08 Å². The second-order valence-corrected chi connectivity index (χ2v) is 5.99. The molecule has 0 heterocycles. The molecule has 28 heavy (non-hydrogen) atoms. The molecule has 0 aromatic heterocycles. The van der Waals surface area contributed by atoms with Gasteiger partial charge in [-0.25, -0.2) is 14.0 Å². The Hall–Kier alpha value is -3.44. The van der Waals surface area contributed by atoms with Crippen LogP contribution in [0.4, 0.5) is 4.39 Å². The number of rotatable bonds is 4. The third kappa shape index (κ3) is 6.37. The highest BCUT2D eigenvalue weighted by molar-refractivity contribution is 6.32. The van der Waals surface area contributed by atoms with E-state index in [1.165, 1.54) is 18.2 Å². The lowest BCUT2D eigenvalue weighted by Gasteiger charge is -2.01. The predicted molar refractivity (Wildman–Crippen MR) is 107 cm³/mol. The first-order chi connectivity index (χ1) is 13.4. The van der Waals surface area contributed by atoms with Crippen molar-refractivity contribution in [1.82, 2.24) is 0 Å². The first-order valence-electron chi connectivity index (χ1n) is 8.11. The van der Waals surface area contributed by atoms with Gasteiger partial charge < -0.3 is 10.2 Å². The van der Waals surface area contributed by atoms with E-state index in [4.69, 9.17) is 21.8 Å². The summed E-state index contributed by atoms with van der Waals surface area (Å²) in [5, 5.41) is 17.3. The molecule has 4 nitrogen and oxygen atoms in total. The average molecular weight is 399 g/mol. The van der Waals surface area contributed by atoms with Crippen molar-refractivity contribution in [3.8, 4) is 11.1 Å². The Balaban J connectivity index is 0.000000203. The zero-order valence-corrected chi connectivity index (χ0v) is 15.3. The van der Waals surface area contributed by atoms with Gasteiger partial charge in [0.15, 0.2) is 0 Å². The second kappa shape index (κ2) is 10.0. The molecular formula is C22H16ClFO4. The van der Waals surface area contributed by atoms with Crippen LogP contribution in [0, 0.1) is 5.82 Å². The molecule has 142 valence electrons. The van der Waals surface area contributed by atoms with E-state index >= 15 is 0 Å². The molecule has 0 fully saturated rings. The summed E-state index contributed by atoms with van der Waals surface area (Å²) in [6.07, 6.45) is 2.25. The molecule has 3 aromatic rings. The molecule has 0 atom stereocenters. The third-order valence-electron chi connectivity index (χ3n) is 3.61. The average Bonchev–Trinajstić information content (AvgIpc) is 2.68. The van der Waals surface area contributed by atoms with Crippen molar-refractivity contribution >= 4 is 29.6 Å². The number of aliphatic carboxylic acids is 1. The van der Waals surface area contributed by atoms with E-state index in [0.717, 1.165) is 23.3 Å². The van der Waals surface area contributed by atoms with Crippen LogP contribution in [0.15, 0.2) is 78.9 Å². The summed E-state index contributed by atoms with van der Waals surface area (Å²) in [4.78, 5) is 20.8. The normalized spacial score (nSPS) is 10.2.